The van der Waals surface area contributed by atoms with Gasteiger partial charge in [0.15, 0.2) is 5.78 Å². The van der Waals surface area contributed by atoms with Gasteiger partial charge in [-0.25, -0.2) is 13.2 Å². The van der Waals surface area contributed by atoms with Crippen molar-refractivity contribution in [2.24, 2.45) is 5.41 Å². The molecule has 1 aromatic carbocycles. The van der Waals surface area contributed by atoms with Gasteiger partial charge in [0.05, 0.1) is 17.0 Å². The molecule has 122 valence electrons. The first-order valence-corrected chi connectivity index (χ1v) is 8.31. The molecule has 0 saturated carbocycles. The number of sulfonamides is 1. The molecule has 0 aliphatic rings. The number of carbonyl (C=O) groups excluding carboxylic acids is 1. The number of benzene rings is 1. The van der Waals surface area contributed by atoms with Crippen LogP contribution in [0.2, 0.25) is 0 Å². The van der Waals surface area contributed by atoms with Crippen LogP contribution in [0, 0.1) is 5.41 Å². The van der Waals surface area contributed by atoms with Crippen molar-refractivity contribution in [2.45, 2.75) is 32.6 Å². The molecule has 1 rings (SSSR count). The van der Waals surface area contributed by atoms with Crippen LogP contribution in [0.15, 0.2) is 29.2 Å². The molecule has 0 aromatic heterocycles. The molecular formula is C15H21NO5S. The highest BCUT2D eigenvalue weighted by Crippen LogP contribution is 2.22. The fourth-order valence-electron chi connectivity index (χ4n) is 1.77. The normalized spacial score (nSPS) is 12.4. The Labute approximate surface area is 130 Å². The van der Waals surface area contributed by atoms with Gasteiger partial charge in [-0.3, -0.25) is 4.79 Å². The lowest BCUT2D eigenvalue weighted by atomic mass is 9.91. The lowest BCUT2D eigenvalue weighted by Gasteiger charge is -2.24. The topological polar surface area (TPSA) is 91.8 Å². The van der Waals surface area contributed by atoms with Crippen molar-refractivity contribution in [3.63, 3.8) is 0 Å². The molecule has 0 atom stereocenters. The molecule has 0 bridgehead atoms. The van der Waals surface area contributed by atoms with E-state index >= 15 is 0 Å². The van der Waals surface area contributed by atoms with Crippen molar-refractivity contribution in [1.29, 1.82) is 0 Å². The van der Waals surface area contributed by atoms with Crippen LogP contribution in [0.25, 0.3) is 0 Å². The first-order valence-electron chi connectivity index (χ1n) is 6.87. The first kappa shape index (κ1) is 18.3. The quantitative estimate of drug-likeness (QED) is 0.863. The number of carboxylic acid groups (broad SMARTS) is 1. The average molecular weight is 327 g/mol. The first-order chi connectivity index (χ1) is 10.0. The van der Waals surface area contributed by atoms with Gasteiger partial charge in [0.25, 0.3) is 0 Å². The lowest BCUT2D eigenvalue weighted by molar-refractivity contribution is -0.126. The summed E-state index contributed by atoms with van der Waals surface area (Å²) < 4.78 is 26.3. The molecule has 0 aliphatic heterocycles. The third-order valence-electron chi connectivity index (χ3n) is 3.24. The Kier molecular flexibility index (Phi) is 5.48. The molecule has 0 fully saturated rings. The molecule has 0 heterocycles. The summed E-state index contributed by atoms with van der Waals surface area (Å²) in [6.07, 6.45) is 0. The minimum atomic E-state index is -4.05. The van der Waals surface area contributed by atoms with E-state index in [0.717, 1.165) is 4.31 Å². The number of likely N-dealkylation sites (N-methyl/N-ethyl adjacent to an activating group) is 1. The van der Waals surface area contributed by atoms with E-state index in [2.05, 4.69) is 0 Å². The Morgan fingerprint density at radius 1 is 1.18 bits per heavy atom. The smallest absolute Gasteiger partial charge is 0.337 e. The Hall–Kier alpha value is -1.73. The standard InChI is InChI=1S/C15H21NO5S/c1-5-16(10-13(17)15(2,3)4)22(20,21)12-9-7-6-8-11(12)14(18)19/h6-9H,5,10H2,1-4H3,(H,18,19). The van der Waals surface area contributed by atoms with Crippen LogP contribution >= 0.6 is 0 Å². The van der Waals surface area contributed by atoms with Crippen LogP contribution in [0.3, 0.4) is 0 Å². The highest BCUT2D eigenvalue weighted by atomic mass is 32.2. The molecule has 1 aromatic rings. The second-order valence-electron chi connectivity index (χ2n) is 5.91. The molecule has 7 heteroatoms. The molecule has 1 N–H and O–H groups in total. The Bertz CT molecular complexity index is 673. The fourth-order valence-corrected chi connectivity index (χ4v) is 3.36. The summed E-state index contributed by atoms with van der Waals surface area (Å²) in [6.45, 7) is 6.54. The van der Waals surface area contributed by atoms with E-state index in [0.29, 0.717) is 0 Å². The van der Waals surface area contributed by atoms with Gasteiger partial charge in [0.1, 0.15) is 0 Å². The molecule has 0 spiro atoms. The van der Waals surface area contributed by atoms with E-state index in [9.17, 15) is 18.0 Å². The Morgan fingerprint density at radius 2 is 1.73 bits per heavy atom. The molecule has 0 unspecified atom stereocenters. The highest BCUT2D eigenvalue weighted by Gasteiger charge is 2.32. The van der Waals surface area contributed by atoms with Crippen LogP contribution in [0.4, 0.5) is 0 Å². The van der Waals surface area contributed by atoms with Crippen LogP contribution in [-0.4, -0.2) is 42.7 Å². The number of hydrogen-bond donors (Lipinski definition) is 1. The monoisotopic (exact) mass is 327 g/mol. The zero-order valence-electron chi connectivity index (χ0n) is 13.2. The number of Topliss-reactive ketones (excluding diaryl/α,β-unsaturated/α-hetero) is 1. The number of hydrogen-bond acceptors (Lipinski definition) is 4. The molecule has 0 amide bonds. The fraction of sp³-hybridized carbons (Fsp3) is 0.467. The van der Waals surface area contributed by atoms with Gasteiger partial charge < -0.3 is 5.11 Å². The number of carboxylic acids is 1. The van der Waals surface area contributed by atoms with Gasteiger partial charge in [-0.15, -0.1) is 0 Å². The number of ketones is 1. The van der Waals surface area contributed by atoms with Crippen LogP contribution in [0.1, 0.15) is 38.1 Å². The summed E-state index contributed by atoms with van der Waals surface area (Å²) in [5.74, 6) is -1.55. The highest BCUT2D eigenvalue weighted by molar-refractivity contribution is 7.89. The van der Waals surface area contributed by atoms with E-state index < -0.39 is 21.4 Å². The molecule has 0 aliphatic carbocycles. The van der Waals surface area contributed by atoms with Gasteiger partial charge in [0.2, 0.25) is 10.0 Å². The van der Waals surface area contributed by atoms with Gasteiger partial charge in [-0.2, -0.15) is 4.31 Å². The van der Waals surface area contributed by atoms with E-state index in [1.54, 1.807) is 27.7 Å². The second kappa shape index (κ2) is 6.58. The Morgan fingerprint density at radius 3 is 2.18 bits per heavy atom. The minimum absolute atomic E-state index is 0.0815. The lowest BCUT2D eigenvalue weighted by Crippen LogP contribution is -2.40. The maximum Gasteiger partial charge on any atom is 0.337 e. The van der Waals surface area contributed by atoms with E-state index in [4.69, 9.17) is 5.11 Å². The minimum Gasteiger partial charge on any atom is -0.478 e. The number of rotatable bonds is 6. The molecule has 0 radical (unpaired) electrons. The SMILES string of the molecule is CCN(CC(=O)C(C)(C)C)S(=O)(=O)c1ccccc1C(=O)O. The number of aromatic carboxylic acids is 1. The third kappa shape index (κ3) is 3.92. The van der Waals surface area contributed by atoms with Crippen LogP contribution in [-0.2, 0) is 14.8 Å². The van der Waals surface area contributed by atoms with E-state index in [1.807, 2.05) is 0 Å². The third-order valence-corrected chi connectivity index (χ3v) is 5.22. The van der Waals surface area contributed by atoms with Gasteiger partial charge in [-0.1, -0.05) is 39.8 Å². The van der Waals surface area contributed by atoms with Gasteiger partial charge >= 0.3 is 5.97 Å². The zero-order valence-corrected chi connectivity index (χ0v) is 14.0. The summed E-state index contributed by atoms with van der Waals surface area (Å²) in [6, 6.07) is 5.38. The maximum atomic E-state index is 12.7. The van der Waals surface area contributed by atoms with Crippen molar-refractivity contribution in [1.82, 2.24) is 4.31 Å². The number of nitrogens with zero attached hydrogens (tertiary/aromatic N) is 1. The average Bonchev–Trinajstić information content (AvgIpc) is 2.43. The second-order valence-corrected chi connectivity index (χ2v) is 7.81. The summed E-state index contributed by atoms with van der Waals surface area (Å²) in [5, 5.41) is 9.14. The van der Waals surface area contributed by atoms with Gasteiger partial charge in [-0.05, 0) is 12.1 Å². The summed E-state index contributed by atoms with van der Waals surface area (Å²) in [7, 11) is -4.05. The van der Waals surface area contributed by atoms with E-state index in [-0.39, 0.29) is 29.3 Å². The number of carbonyl (C=O) groups is 2. The Balaban J connectivity index is 3.27. The van der Waals surface area contributed by atoms with Crippen molar-refractivity contribution in [2.75, 3.05) is 13.1 Å². The summed E-state index contributed by atoms with van der Waals surface area (Å²) >= 11 is 0. The van der Waals surface area contributed by atoms with Crippen molar-refractivity contribution in [3.8, 4) is 0 Å². The molecular weight excluding hydrogens is 306 g/mol. The molecule has 22 heavy (non-hydrogen) atoms. The predicted molar refractivity (Wildman–Crippen MR) is 82.3 cm³/mol. The maximum absolute atomic E-state index is 12.7. The van der Waals surface area contributed by atoms with E-state index in [1.165, 1.54) is 24.3 Å². The summed E-state index contributed by atoms with van der Waals surface area (Å²) in [5.41, 5.74) is -0.973. The van der Waals surface area contributed by atoms with Gasteiger partial charge in [0, 0.05) is 12.0 Å². The molecule has 6 nitrogen and oxygen atoms in total. The van der Waals surface area contributed by atoms with Crippen LogP contribution in [0.5, 0.6) is 0 Å². The van der Waals surface area contributed by atoms with Crippen molar-refractivity contribution in [3.05, 3.63) is 29.8 Å². The molecule has 0 saturated heterocycles. The predicted octanol–water partition coefficient (Wildman–Crippen LogP) is 2.01. The van der Waals surface area contributed by atoms with Crippen LogP contribution < -0.4 is 0 Å². The summed E-state index contributed by atoms with van der Waals surface area (Å²) in [4.78, 5) is 23.0. The largest absolute Gasteiger partial charge is 0.478 e. The van der Waals surface area contributed by atoms with Crippen molar-refractivity contribution >= 4 is 21.8 Å². The van der Waals surface area contributed by atoms with Crippen molar-refractivity contribution < 1.29 is 23.1 Å². The zero-order chi connectivity index (χ0) is 17.1.